The van der Waals surface area contributed by atoms with Crippen LogP contribution in [0.2, 0.25) is 5.02 Å². The Balaban J connectivity index is 2.49. The molecule has 0 radical (unpaired) electrons. The molecule has 112 valence electrons. The Morgan fingerprint density at radius 2 is 2.05 bits per heavy atom. The SMILES string of the molecule is CCCCS(=O)(=O)CCC(=O)Nc1ccc(Cl)c(N)c1. The van der Waals surface area contributed by atoms with Crippen LogP contribution in [0, 0.1) is 0 Å². The van der Waals surface area contributed by atoms with Gasteiger partial charge in [0.25, 0.3) is 0 Å². The van der Waals surface area contributed by atoms with Crippen LogP contribution >= 0.6 is 11.6 Å². The number of nitrogens with two attached hydrogens (primary N) is 1. The highest BCUT2D eigenvalue weighted by atomic mass is 35.5. The molecule has 1 aromatic carbocycles. The topological polar surface area (TPSA) is 89.3 Å². The molecule has 0 saturated heterocycles. The third kappa shape index (κ3) is 5.79. The van der Waals surface area contributed by atoms with Crippen LogP contribution in [0.5, 0.6) is 0 Å². The second-order valence-electron chi connectivity index (χ2n) is 4.54. The van der Waals surface area contributed by atoms with Crippen LogP contribution in [0.1, 0.15) is 26.2 Å². The number of carbonyl (C=O) groups is 1. The average Bonchev–Trinajstić information content (AvgIpc) is 2.39. The number of sulfone groups is 1. The minimum atomic E-state index is -3.15. The van der Waals surface area contributed by atoms with E-state index in [-0.39, 0.29) is 23.8 Å². The molecule has 0 aliphatic rings. The molecular formula is C13H19ClN2O3S. The van der Waals surface area contributed by atoms with Crippen LogP contribution in [-0.4, -0.2) is 25.8 Å². The Kier molecular flexibility index (Phi) is 6.29. The van der Waals surface area contributed by atoms with E-state index < -0.39 is 9.84 Å². The lowest BCUT2D eigenvalue weighted by molar-refractivity contribution is -0.115. The second-order valence-corrected chi connectivity index (χ2v) is 7.25. The molecule has 1 amide bonds. The number of unbranched alkanes of at least 4 members (excludes halogenated alkanes) is 1. The lowest BCUT2D eigenvalue weighted by atomic mass is 10.2. The highest BCUT2D eigenvalue weighted by Gasteiger charge is 2.13. The van der Waals surface area contributed by atoms with Crippen LogP contribution < -0.4 is 11.1 Å². The molecule has 20 heavy (non-hydrogen) atoms. The maximum Gasteiger partial charge on any atom is 0.225 e. The smallest absolute Gasteiger partial charge is 0.225 e. The Morgan fingerprint density at radius 1 is 1.35 bits per heavy atom. The molecule has 0 unspecified atom stereocenters. The molecule has 0 atom stereocenters. The lowest BCUT2D eigenvalue weighted by Gasteiger charge is -2.07. The largest absolute Gasteiger partial charge is 0.397 e. The highest BCUT2D eigenvalue weighted by molar-refractivity contribution is 7.91. The van der Waals surface area contributed by atoms with Crippen LogP contribution in [0.4, 0.5) is 11.4 Å². The van der Waals surface area contributed by atoms with Gasteiger partial charge in [-0.15, -0.1) is 0 Å². The number of nitrogen functional groups attached to an aromatic ring is 1. The number of halogens is 1. The molecular weight excluding hydrogens is 300 g/mol. The molecule has 0 spiro atoms. The fraction of sp³-hybridized carbons (Fsp3) is 0.462. The van der Waals surface area contributed by atoms with Crippen molar-refractivity contribution >= 4 is 38.7 Å². The molecule has 0 fully saturated rings. The molecule has 7 heteroatoms. The van der Waals surface area contributed by atoms with Crippen molar-refractivity contribution < 1.29 is 13.2 Å². The minimum absolute atomic E-state index is 0.0609. The van der Waals surface area contributed by atoms with Gasteiger partial charge in [-0.25, -0.2) is 8.42 Å². The van der Waals surface area contributed by atoms with Crippen LogP contribution in [-0.2, 0) is 14.6 Å². The van der Waals surface area contributed by atoms with Gasteiger partial charge in [0.2, 0.25) is 5.91 Å². The zero-order valence-corrected chi connectivity index (χ0v) is 12.9. The Morgan fingerprint density at radius 3 is 2.65 bits per heavy atom. The van der Waals surface area contributed by atoms with Crippen LogP contribution in [0.15, 0.2) is 18.2 Å². The number of anilines is 2. The van der Waals surface area contributed by atoms with Gasteiger partial charge < -0.3 is 11.1 Å². The van der Waals surface area contributed by atoms with Crippen molar-refractivity contribution in [3.8, 4) is 0 Å². The maximum absolute atomic E-state index is 11.7. The summed E-state index contributed by atoms with van der Waals surface area (Å²) in [5.41, 5.74) is 6.48. The summed E-state index contributed by atoms with van der Waals surface area (Å²) in [7, 11) is -3.15. The van der Waals surface area contributed by atoms with Crippen molar-refractivity contribution in [1.29, 1.82) is 0 Å². The number of carbonyl (C=O) groups excluding carboxylic acids is 1. The van der Waals surface area contributed by atoms with Gasteiger partial charge >= 0.3 is 0 Å². The zero-order chi connectivity index (χ0) is 15.2. The van der Waals surface area contributed by atoms with E-state index >= 15 is 0 Å². The van der Waals surface area contributed by atoms with E-state index in [1.807, 2.05) is 6.92 Å². The first-order chi connectivity index (χ1) is 9.34. The van der Waals surface area contributed by atoms with Crippen LogP contribution in [0.25, 0.3) is 0 Å². The van der Waals surface area contributed by atoms with Gasteiger partial charge in [-0.3, -0.25) is 4.79 Å². The number of amides is 1. The average molecular weight is 319 g/mol. The van der Waals surface area contributed by atoms with Gasteiger partial charge in [-0.05, 0) is 24.6 Å². The van der Waals surface area contributed by atoms with E-state index in [2.05, 4.69) is 5.32 Å². The number of rotatable bonds is 7. The normalized spacial score (nSPS) is 11.3. The van der Waals surface area contributed by atoms with Crippen molar-refractivity contribution in [3.63, 3.8) is 0 Å². The molecule has 0 saturated carbocycles. The highest BCUT2D eigenvalue weighted by Crippen LogP contribution is 2.22. The lowest BCUT2D eigenvalue weighted by Crippen LogP contribution is -2.19. The quantitative estimate of drug-likeness (QED) is 0.756. The Labute approximate surface area is 124 Å². The molecule has 0 aliphatic carbocycles. The summed E-state index contributed by atoms with van der Waals surface area (Å²) in [6.45, 7) is 1.92. The predicted octanol–water partition coefficient (Wildman–Crippen LogP) is 2.47. The Bertz CT molecular complexity index is 573. The van der Waals surface area contributed by atoms with Gasteiger partial charge in [0.15, 0.2) is 9.84 Å². The van der Waals surface area contributed by atoms with Crippen molar-refractivity contribution in [2.24, 2.45) is 0 Å². The monoisotopic (exact) mass is 318 g/mol. The standard InChI is InChI=1S/C13H19ClN2O3S/c1-2-3-7-20(18,19)8-6-13(17)16-10-4-5-11(14)12(15)9-10/h4-5,9H,2-3,6-8,15H2,1H3,(H,16,17). The Hall–Kier alpha value is -1.27. The van der Waals surface area contributed by atoms with Crippen molar-refractivity contribution in [2.75, 3.05) is 22.6 Å². The van der Waals surface area contributed by atoms with Crippen molar-refractivity contribution in [3.05, 3.63) is 23.2 Å². The number of hydrogen-bond acceptors (Lipinski definition) is 4. The number of nitrogens with one attached hydrogen (secondary N) is 1. The predicted molar refractivity (Wildman–Crippen MR) is 82.7 cm³/mol. The maximum atomic E-state index is 11.7. The van der Waals surface area contributed by atoms with Gasteiger partial charge in [0.1, 0.15) is 0 Å². The van der Waals surface area contributed by atoms with Crippen LogP contribution in [0.3, 0.4) is 0 Å². The molecule has 5 nitrogen and oxygen atoms in total. The first-order valence-corrected chi connectivity index (χ1v) is 8.59. The molecule has 3 N–H and O–H groups in total. The van der Waals surface area contributed by atoms with Gasteiger partial charge in [0.05, 0.1) is 22.2 Å². The van der Waals surface area contributed by atoms with Crippen molar-refractivity contribution in [1.82, 2.24) is 0 Å². The first-order valence-electron chi connectivity index (χ1n) is 6.39. The van der Waals surface area contributed by atoms with Crippen molar-refractivity contribution in [2.45, 2.75) is 26.2 Å². The van der Waals surface area contributed by atoms with E-state index in [1.54, 1.807) is 12.1 Å². The van der Waals surface area contributed by atoms with Gasteiger partial charge in [-0.1, -0.05) is 24.9 Å². The fourth-order valence-corrected chi connectivity index (χ4v) is 3.11. The molecule has 1 aromatic rings. The van der Waals surface area contributed by atoms with E-state index in [9.17, 15) is 13.2 Å². The molecule has 1 rings (SSSR count). The van der Waals surface area contributed by atoms with E-state index in [0.29, 0.717) is 22.8 Å². The van der Waals surface area contributed by atoms with Gasteiger partial charge in [-0.2, -0.15) is 0 Å². The minimum Gasteiger partial charge on any atom is -0.397 e. The summed E-state index contributed by atoms with van der Waals surface area (Å²) in [5, 5.41) is 3.00. The fourth-order valence-electron chi connectivity index (χ4n) is 1.56. The molecule has 0 aromatic heterocycles. The summed E-state index contributed by atoms with van der Waals surface area (Å²) in [5.74, 6) is -0.362. The van der Waals surface area contributed by atoms with Gasteiger partial charge in [0, 0.05) is 12.1 Å². The zero-order valence-electron chi connectivity index (χ0n) is 11.4. The number of benzene rings is 1. The molecule has 0 heterocycles. The second kappa shape index (κ2) is 7.50. The summed E-state index contributed by atoms with van der Waals surface area (Å²) in [6.07, 6.45) is 1.38. The number of hydrogen-bond donors (Lipinski definition) is 2. The summed E-state index contributed by atoms with van der Waals surface area (Å²) < 4.78 is 23.3. The van der Waals surface area contributed by atoms with E-state index in [1.165, 1.54) is 6.07 Å². The van der Waals surface area contributed by atoms with E-state index in [0.717, 1.165) is 6.42 Å². The first kappa shape index (κ1) is 16.8. The molecule has 0 bridgehead atoms. The summed E-state index contributed by atoms with van der Waals surface area (Å²) in [4.78, 5) is 11.7. The summed E-state index contributed by atoms with van der Waals surface area (Å²) in [6, 6.07) is 4.72. The third-order valence-electron chi connectivity index (χ3n) is 2.73. The molecule has 0 aliphatic heterocycles. The van der Waals surface area contributed by atoms with E-state index in [4.69, 9.17) is 17.3 Å². The third-order valence-corrected chi connectivity index (χ3v) is 4.81. The summed E-state index contributed by atoms with van der Waals surface area (Å²) >= 11 is 5.77.